The van der Waals surface area contributed by atoms with Crippen LogP contribution in [0.15, 0.2) is 42.7 Å². The molecule has 3 aromatic rings. The van der Waals surface area contributed by atoms with Crippen molar-refractivity contribution in [1.29, 1.82) is 0 Å². The number of rotatable bonds is 2. The van der Waals surface area contributed by atoms with E-state index < -0.39 is 0 Å². The second-order valence-corrected chi connectivity index (χ2v) is 4.46. The van der Waals surface area contributed by atoms with Gasteiger partial charge < -0.3 is 0 Å². The van der Waals surface area contributed by atoms with E-state index in [1.165, 1.54) is 11.8 Å². The molecule has 0 aliphatic heterocycles. The average Bonchev–Trinajstić information content (AvgIpc) is 2.82. The minimum atomic E-state index is 0.0940. The molecule has 0 radical (unpaired) electrons. The van der Waals surface area contributed by atoms with Crippen LogP contribution in [0.4, 0.5) is 0 Å². The normalized spacial score (nSPS) is 12.8. The lowest BCUT2D eigenvalue weighted by atomic mass is 10.1. The van der Waals surface area contributed by atoms with Crippen LogP contribution in [0.3, 0.4) is 0 Å². The summed E-state index contributed by atoms with van der Waals surface area (Å²) in [7, 11) is 0. The average molecular weight is 259 g/mol. The lowest BCUT2D eigenvalue weighted by molar-refractivity contribution is 0.579. The Morgan fingerprint density at radius 3 is 2.72 bits per heavy atom. The molecule has 0 saturated carbocycles. The maximum Gasteiger partial charge on any atom is 0.178 e. The number of benzene rings is 1. The van der Waals surface area contributed by atoms with Crippen LogP contribution in [-0.2, 0) is 0 Å². The zero-order chi connectivity index (χ0) is 12.5. The molecule has 5 heteroatoms. The summed E-state index contributed by atoms with van der Waals surface area (Å²) in [5.74, 6) is 0. The molecule has 1 atom stereocenters. The fraction of sp³-hybridized carbons (Fsp3) is 0.154. The third-order valence-electron chi connectivity index (χ3n) is 2.92. The third-order valence-corrected chi connectivity index (χ3v) is 3.10. The van der Waals surface area contributed by atoms with Crippen molar-refractivity contribution in [2.75, 3.05) is 0 Å². The SMILES string of the molecule is CC(c1ccccc1)n1ncc2ncc(Cl)nc21. The van der Waals surface area contributed by atoms with Crippen LogP contribution in [-0.4, -0.2) is 19.7 Å². The molecule has 1 unspecified atom stereocenters. The number of halogens is 1. The first kappa shape index (κ1) is 11.2. The summed E-state index contributed by atoms with van der Waals surface area (Å²) in [6, 6.07) is 10.2. The maximum absolute atomic E-state index is 5.88. The molecular weight excluding hydrogens is 248 g/mol. The minimum Gasteiger partial charge on any atom is -0.248 e. The van der Waals surface area contributed by atoms with E-state index in [1.54, 1.807) is 6.20 Å². The highest BCUT2D eigenvalue weighted by Gasteiger charge is 2.13. The molecule has 2 aromatic heterocycles. The van der Waals surface area contributed by atoms with Gasteiger partial charge in [0.1, 0.15) is 10.7 Å². The van der Waals surface area contributed by atoms with Gasteiger partial charge in [0.05, 0.1) is 18.4 Å². The molecule has 4 nitrogen and oxygen atoms in total. The highest BCUT2D eigenvalue weighted by Crippen LogP contribution is 2.21. The van der Waals surface area contributed by atoms with Crippen molar-refractivity contribution in [3.05, 3.63) is 53.4 Å². The number of fused-ring (bicyclic) bond motifs is 1. The van der Waals surface area contributed by atoms with Gasteiger partial charge in [0, 0.05) is 0 Å². The Morgan fingerprint density at radius 1 is 1.17 bits per heavy atom. The highest BCUT2D eigenvalue weighted by atomic mass is 35.5. The van der Waals surface area contributed by atoms with E-state index in [-0.39, 0.29) is 6.04 Å². The molecule has 18 heavy (non-hydrogen) atoms. The van der Waals surface area contributed by atoms with E-state index in [0.717, 1.165) is 5.52 Å². The van der Waals surface area contributed by atoms with Crippen LogP contribution in [0.25, 0.3) is 11.2 Å². The fourth-order valence-electron chi connectivity index (χ4n) is 1.96. The summed E-state index contributed by atoms with van der Waals surface area (Å²) in [6.07, 6.45) is 3.24. The number of aromatic nitrogens is 4. The largest absolute Gasteiger partial charge is 0.248 e. The molecule has 0 amide bonds. The number of hydrogen-bond acceptors (Lipinski definition) is 3. The summed E-state index contributed by atoms with van der Waals surface area (Å²) < 4.78 is 1.84. The first-order valence-electron chi connectivity index (χ1n) is 5.66. The summed E-state index contributed by atoms with van der Waals surface area (Å²) >= 11 is 5.88. The zero-order valence-electron chi connectivity index (χ0n) is 9.79. The predicted octanol–water partition coefficient (Wildman–Crippen LogP) is 3.09. The Morgan fingerprint density at radius 2 is 1.94 bits per heavy atom. The molecule has 0 saturated heterocycles. The number of nitrogens with zero attached hydrogens (tertiary/aromatic N) is 4. The Bertz CT molecular complexity index is 678. The van der Waals surface area contributed by atoms with Gasteiger partial charge in [0.25, 0.3) is 0 Å². The van der Waals surface area contributed by atoms with E-state index in [0.29, 0.717) is 10.8 Å². The van der Waals surface area contributed by atoms with Crippen molar-refractivity contribution in [3.63, 3.8) is 0 Å². The van der Waals surface area contributed by atoms with E-state index in [9.17, 15) is 0 Å². The molecule has 0 spiro atoms. The van der Waals surface area contributed by atoms with Crippen LogP contribution in [0, 0.1) is 0 Å². The monoisotopic (exact) mass is 258 g/mol. The van der Waals surface area contributed by atoms with Crippen molar-refractivity contribution in [2.45, 2.75) is 13.0 Å². The van der Waals surface area contributed by atoms with Gasteiger partial charge in [-0.05, 0) is 12.5 Å². The van der Waals surface area contributed by atoms with Gasteiger partial charge in [0.2, 0.25) is 0 Å². The predicted molar refractivity (Wildman–Crippen MR) is 70.6 cm³/mol. The van der Waals surface area contributed by atoms with E-state index in [4.69, 9.17) is 11.6 Å². The molecule has 0 bridgehead atoms. The lowest BCUT2D eigenvalue weighted by Gasteiger charge is -2.12. The molecule has 1 aromatic carbocycles. The molecule has 3 rings (SSSR count). The standard InChI is InChI=1S/C13H11ClN4/c1-9(10-5-3-2-4-6-10)18-13-11(7-16-18)15-8-12(14)17-13/h2-9H,1H3. The first-order chi connectivity index (χ1) is 8.75. The quantitative estimate of drug-likeness (QED) is 0.709. The molecule has 90 valence electrons. The molecule has 0 N–H and O–H groups in total. The van der Waals surface area contributed by atoms with Crippen molar-refractivity contribution < 1.29 is 0 Å². The fourth-order valence-corrected chi connectivity index (χ4v) is 2.08. The van der Waals surface area contributed by atoms with Crippen molar-refractivity contribution in [3.8, 4) is 0 Å². The van der Waals surface area contributed by atoms with Gasteiger partial charge in [0.15, 0.2) is 5.65 Å². The first-order valence-corrected chi connectivity index (χ1v) is 6.04. The van der Waals surface area contributed by atoms with Crippen molar-refractivity contribution in [1.82, 2.24) is 19.7 Å². The summed E-state index contributed by atoms with van der Waals surface area (Å²) in [4.78, 5) is 8.49. The Labute approximate surface area is 109 Å². The van der Waals surface area contributed by atoms with Crippen molar-refractivity contribution in [2.24, 2.45) is 0 Å². The van der Waals surface area contributed by atoms with Gasteiger partial charge in [-0.2, -0.15) is 5.10 Å². The molecule has 0 aliphatic rings. The maximum atomic E-state index is 5.88. The molecular formula is C13H11ClN4. The van der Waals surface area contributed by atoms with Crippen LogP contribution < -0.4 is 0 Å². The van der Waals surface area contributed by atoms with Gasteiger partial charge >= 0.3 is 0 Å². The lowest BCUT2D eigenvalue weighted by Crippen LogP contribution is -2.09. The van der Waals surface area contributed by atoms with Gasteiger partial charge in [-0.1, -0.05) is 41.9 Å². The van der Waals surface area contributed by atoms with Gasteiger partial charge in [-0.25, -0.2) is 14.6 Å². The summed E-state index contributed by atoms with van der Waals surface area (Å²) in [5.41, 5.74) is 2.63. The van der Waals surface area contributed by atoms with Gasteiger partial charge in [-0.3, -0.25) is 0 Å². The number of hydrogen-bond donors (Lipinski definition) is 0. The zero-order valence-corrected chi connectivity index (χ0v) is 10.5. The van der Waals surface area contributed by atoms with E-state index in [2.05, 4.69) is 34.1 Å². The van der Waals surface area contributed by atoms with Crippen LogP contribution in [0.1, 0.15) is 18.5 Å². The van der Waals surface area contributed by atoms with Gasteiger partial charge in [-0.15, -0.1) is 0 Å². The second kappa shape index (κ2) is 4.38. The third kappa shape index (κ3) is 1.84. The van der Waals surface area contributed by atoms with E-state index in [1.807, 2.05) is 22.9 Å². The summed E-state index contributed by atoms with van der Waals surface area (Å²) in [6.45, 7) is 2.07. The highest BCUT2D eigenvalue weighted by molar-refractivity contribution is 6.29. The summed E-state index contributed by atoms with van der Waals surface area (Å²) in [5, 5.41) is 4.72. The molecule has 0 aliphatic carbocycles. The Hall–Kier alpha value is -1.94. The van der Waals surface area contributed by atoms with Crippen LogP contribution >= 0.6 is 11.6 Å². The topological polar surface area (TPSA) is 43.6 Å². The smallest absolute Gasteiger partial charge is 0.178 e. The second-order valence-electron chi connectivity index (χ2n) is 4.08. The Kier molecular flexibility index (Phi) is 2.72. The van der Waals surface area contributed by atoms with E-state index >= 15 is 0 Å². The van der Waals surface area contributed by atoms with Crippen LogP contribution in [0.5, 0.6) is 0 Å². The molecule has 0 fully saturated rings. The minimum absolute atomic E-state index is 0.0940. The Balaban J connectivity index is 2.12. The van der Waals surface area contributed by atoms with Crippen LogP contribution in [0.2, 0.25) is 5.15 Å². The molecule has 2 heterocycles. The van der Waals surface area contributed by atoms with Crippen molar-refractivity contribution >= 4 is 22.8 Å².